The maximum absolute atomic E-state index is 12.3. The van der Waals surface area contributed by atoms with E-state index < -0.39 is 15.6 Å². The molecule has 1 saturated carbocycles. The summed E-state index contributed by atoms with van der Waals surface area (Å²) in [5, 5.41) is 3.97. The summed E-state index contributed by atoms with van der Waals surface area (Å²) >= 11 is 0. The van der Waals surface area contributed by atoms with Gasteiger partial charge in [-0.15, -0.1) is 0 Å². The summed E-state index contributed by atoms with van der Waals surface area (Å²) in [4.78, 5) is 4.51. The minimum atomic E-state index is -3.60. The van der Waals surface area contributed by atoms with Crippen LogP contribution < -0.4 is 15.2 Å². The van der Waals surface area contributed by atoms with Gasteiger partial charge in [0.2, 0.25) is 15.9 Å². The van der Waals surface area contributed by atoms with Crippen LogP contribution in [0.5, 0.6) is 5.75 Å². The minimum Gasteiger partial charge on any atom is -0.494 e. The molecule has 3 N–H and O–H groups in total. The van der Waals surface area contributed by atoms with E-state index in [2.05, 4.69) is 14.9 Å². The van der Waals surface area contributed by atoms with Gasteiger partial charge in [-0.2, -0.15) is 4.98 Å². The largest absolute Gasteiger partial charge is 0.494 e. The van der Waals surface area contributed by atoms with Crippen LogP contribution in [-0.4, -0.2) is 31.7 Å². The molecule has 26 heavy (non-hydrogen) atoms. The maximum atomic E-state index is 12.3. The van der Waals surface area contributed by atoms with Gasteiger partial charge in [-0.3, -0.25) is 0 Å². The quantitative estimate of drug-likeness (QED) is 0.715. The molecule has 0 saturated heterocycles. The molecule has 142 valence electrons. The molecular formula is C17H24N4O4S. The first-order chi connectivity index (χ1) is 12.4. The van der Waals surface area contributed by atoms with Gasteiger partial charge in [0.25, 0.3) is 0 Å². The van der Waals surface area contributed by atoms with Crippen molar-refractivity contribution in [3.63, 3.8) is 0 Å². The van der Waals surface area contributed by atoms with Crippen LogP contribution in [0.3, 0.4) is 0 Å². The number of nitrogens with one attached hydrogen (secondary N) is 1. The van der Waals surface area contributed by atoms with Gasteiger partial charge < -0.3 is 15.0 Å². The van der Waals surface area contributed by atoms with Crippen molar-refractivity contribution in [3.05, 3.63) is 36.0 Å². The number of rotatable bonds is 8. The summed E-state index contributed by atoms with van der Waals surface area (Å²) in [7, 11) is -3.60. The number of nitrogens with two attached hydrogens (primary N) is 1. The Hall–Kier alpha value is -1.97. The second kappa shape index (κ2) is 7.73. The maximum Gasteiger partial charge on any atom is 0.240 e. The summed E-state index contributed by atoms with van der Waals surface area (Å²) in [5.41, 5.74) is 5.78. The SMILES string of the molecule is CCOc1ccc(S(=O)(=O)NCCc2nc(C3(N)CCCC3)no2)cc1. The van der Waals surface area contributed by atoms with E-state index in [4.69, 9.17) is 15.0 Å². The highest BCUT2D eigenvalue weighted by Crippen LogP contribution is 2.34. The molecule has 0 bridgehead atoms. The van der Waals surface area contributed by atoms with Crippen LogP contribution in [0.15, 0.2) is 33.7 Å². The predicted molar refractivity (Wildman–Crippen MR) is 95.1 cm³/mol. The Balaban J connectivity index is 1.56. The standard InChI is InChI=1S/C17H24N4O4S/c1-2-24-13-5-7-14(8-6-13)26(22,23)19-12-9-15-20-16(21-25-15)17(18)10-3-4-11-17/h5-8,19H,2-4,9-12,18H2,1H3. The van der Waals surface area contributed by atoms with Gasteiger partial charge in [-0.1, -0.05) is 18.0 Å². The number of aromatic nitrogens is 2. The Kier molecular flexibility index (Phi) is 5.59. The zero-order chi connectivity index (χ0) is 18.6. The third-order valence-corrected chi connectivity index (χ3v) is 5.96. The molecule has 0 amide bonds. The van der Waals surface area contributed by atoms with Crippen LogP contribution in [0, 0.1) is 0 Å². The predicted octanol–water partition coefficient (Wildman–Crippen LogP) is 1.72. The molecule has 2 aromatic rings. The van der Waals surface area contributed by atoms with E-state index in [9.17, 15) is 8.42 Å². The fourth-order valence-electron chi connectivity index (χ4n) is 3.05. The van der Waals surface area contributed by atoms with Crippen molar-refractivity contribution < 1.29 is 17.7 Å². The molecule has 9 heteroatoms. The summed E-state index contributed by atoms with van der Waals surface area (Å²) in [5.74, 6) is 1.53. The van der Waals surface area contributed by atoms with E-state index >= 15 is 0 Å². The van der Waals surface area contributed by atoms with Crippen LogP contribution in [0.1, 0.15) is 44.3 Å². The fraction of sp³-hybridized carbons (Fsp3) is 0.529. The lowest BCUT2D eigenvalue weighted by Gasteiger charge is -2.17. The summed E-state index contributed by atoms with van der Waals surface area (Å²) in [6.45, 7) is 2.56. The zero-order valence-corrected chi connectivity index (χ0v) is 15.6. The molecule has 8 nitrogen and oxygen atoms in total. The molecule has 1 aliphatic carbocycles. The molecule has 0 spiro atoms. The van der Waals surface area contributed by atoms with Crippen LogP contribution in [0.2, 0.25) is 0 Å². The molecular weight excluding hydrogens is 356 g/mol. The van der Waals surface area contributed by atoms with Gasteiger partial charge in [0.05, 0.1) is 17.0 Å². The smallest absolute Gasteiger partial charge is 0.240 e. The second-order valence-corrected chi connectivity index (χ2v) is 8.19. The highest BCUT2D eigenvalue weighted by atomic mass is 32.2. The van der Waals surface area contributed by atoms with Gasteiger partial charge in [0, 0.05) is 13.0 Å². The van der Waals surface area contributed by atoms with E-state index in [1.807, 2.05) is 6.92 Å². The molecule has 0 radical (unpaired) electrons. The average molecular weight is 380 g/mol. The lowest BCUT2D eigenvalue weighted by molar-refractivity contribution is 0.340. The van der Waals surface area contributed by atoms with Crippen LogP contribution in [0.4, 0.5) is 0 Å². The van der Waals surface area contributed by atoms with E-state index in [0.717, 1.165) is 25.7 Å². The van der Waals surface area contributed by atoms with E-state index in [-0.39, 0.29) is 11.4 Å². The Morgan fingerprint density at radius 2 is 1.96 bits per heavy atom. The number of hydrogen-bond acceptors (Lipinski definition) is 7. The van der Waals surface area contributed by atoms with Crippen LogP contribution in [-0.2, 0) is 22.0 Å². The minimum absolute atomic E-state index is 0.161. The van der Waals surface area contributed by atoms with Gasteiger partial charge >= 0.3 is 0 Å². The normalized spacial score (nSPS) is 16.7. The lowest BCUT2D eigenvalue weighted by atomic mass is 9.99. The summed E-state index contributed by atoms with van der Waals surface area (Å²) < 4.78 is 37.7. The molecule has 0 atom stereocenters. The van der Waals surface area contributed by atoms with Gasteiger partial charge in [-0.25, -0.2) is 13.1 Å². The third-order valence-electron chi connectivity index (χ3n) is 4.49. The summed E-state index contributed by atoms with van der Waals surface area (Å²) in [6.07, 6.45) is 4.11. The Morgan fingerprint density at radius 1 is 1.27 bits per heavy atom. The molecule has 1 aromatic heterocycles. The van der Waals surface area contributed by atoms with Crippen molar-refractivity contribution >= 4 is 10.0 Å². The van der Waals surface area contributed by atoms with E-state index in [0.29, 0.717) is 30.5 Å². The lowest BCUT2D eigenvalue weighted by Crippen LogP contribution is -2.34. The van der Waals surface area contributed by atoms with Crippen molar-refractivity contribution in [1.29, 1.82) is 0 Å². The molecule has 3 rings (SSSR count). The highest BCUT2D eigenvalue weighted by molar-refractivity contribution is 7.89. The molecule has 1 aromatic carbocycles. The van der Waals surface area contributed by atoms with Crippen molar-refractivity contribution in [1.82, 2.24) is 14.9 Å². The van der Waals surface area contributed by atoms with Crippen LogP contribution >= 0.6 is 0 Å². The Bertz CT molecular complexity index is 827. The van der Waals surface area contributed by atoms with Crippen molar-refractivity contribution in [2.24, 2.45) is 5.73 Å². The monoisotopic (exact) mass is 380 g/mol. The number of ether oxygens (including phenoxy) is 1. The number of sulfonamides is 1. The molecule has 1 fully saturated rings. The average Bonchev–Trinajstić information content (AvgIpc) is 3.26. The summed E-state index contributed by atoms with van der Waals surface area (Å²) in [6, 6.07) is 6.28. The first kappa shape index (κ1) is 18.8. The van der Waals surface area contributed by atoms with Gasteiger partial charge in [0.15, 0.2) is 5.82 Å². The molecule has 0 aliphatic heterocycles. The van der Waals surface area contributed by atoms with E-state index in [1.54, 1.807) is 12.1 Å². The Morgan fingerprint density at radius 3 is 2.62 bits per heavy atom. The van der Waals surface area contributed by atoms with Crippen molar-refractivity contribution in [2.75, 3.05) is 13.2 Å². The number of hydrogen-bond donors (Lipinski definition) is 2. The highest BCUT2D eigenvalue weighted by Gasteiger charge is 2.35. The number of nitrogens with zero attached hydrogens (tertiary/aromatic N) is 2. The van der Waals surface area contributed by atoms with Gasteiger partial charge in [0.1, 0.15) is 5.75 Å². The van der Waals surface area contributed by atoms with Crippen LogP contribution in [0.25, 0.3) is 0 Å². The fourth-order valence-corrected chi connectivity index (χ4v) is 4.08. The topological polar surface area (TPSA) is 120 Å². The second-order valence-electron chi connectivity index (χ2n) is 6.43. The molecule has 0 unspecified atom stereocenters. The van der Waals surface area contributed by atoms with Gasteiger partial charge in [-0.05, 0) is 44.0 Å². The number of benzene rings is 1. The van der Waals surface area contributed by atoms with E-state index in [1.165, 1.54) is 12.1 Å². The molecule has 1 heterocycles. The first-order valence-corrected chi connectivity index (χ1v) is 10.3. The van der Waals surface area contributed by atoms with Crippen molar-refractivity contribution in [2.45, 2.75) is 49.5 Å². The zero-order valence-electron chi connectivity index (χ0n) is 14.8. The molecule has 1 aliphatic rings. The Labute approximate surface area is 153 Å². The third kappa shape index (κ3) is 4.22. The first-order valence-electron chi connectivity index (χ1n) is 8.77. The van der Waals surface area contributed by atoms with Crippen molar-refractivity contribution in [3.8, 4) is 5.75 Å².